The van der Waals surface area contributed by atoms with E-state index in [0.29, 0.717) is 6.04 Å². The summed E-state index contributed by atoms with van der Waals surface area (Å²) >= 11 is 0. The van der Waals surface area contributed by atoms with E-state index in [9.17, 15) is 0 Å². The first-order valence-electron chi connectivity index (χ1n) is 5.61. The highest BCUT2D eigenvalue weighted by molar-refractivity contribution is 5.32. The Morgan fingerprint density at radius 3 is 3.20 bits per heavy atom. The molecule has 4 heteroatoms. The van der Waals surface area contributed by atoms with Crippen LogP contribution in [-0.4, -0.2) is 29.1 Å². The summed E-state index contributed by atoms with van der Waals surface area (Å²) in [5.41, 5.74) is 0. The minimum Gasteiger partial charge on any atom is -0.368 e. The summed E-state index contributed by atoms with van der Waals surface area (Å²) in [5, 5.41) is 6.84. The molecule has 82 valence electrons. The molecule has 4 nitrogen and oxygen atoms in total. The number of nitrogens with zero attached hydrogens (tertiary/aromatic N) is 2. The maximum Gasteiger partial charge on any atom is 0.129 e. The summed E-state index contributed by atoms with van der Waals surface area (Å²) in [6.45, 7) is 4.01. The molecule has 1 aromatic heterocycles. The molecule has 1 saturated heterocycles. The van der Waals surface area contributed by atoms with Gasteiger partial charge in [-0.2, -0.15) is 0 Å². The second kappa shape index (κ2) is 5.07. The molecule has 1 unspecified atom stereocenters. The lowest BCUT2D eigenvalue weighted by molar-refractivity contribution is 0.414. The van der Waals surface area contributed by atoms with Crippen molar-refractivity contribution in [2.24, 2.45) is 0 Å². The van der Waals surface area contributed by atoms with Crippen molar-refractivity contribution in [2.45, 2.75) is 32.2 Å². The van der Waals surface area contributed by atoms with Crippen LogP contribution in [0, 0.1) is 6.92 Å². The first kappa shape index (κ1) is 10.4. The minimum atomic E-state index is 0.592. The number of aryl methyl sites for hydroxylation is 1. The molecule has 1 aliphatic rings. The lowest BCUT2D eigenvalue weighted by Crippen LogP contribution is -2.39. The van der Waals surface area contributed by atoms with E-state index in [-0.39, 0.29) is 0 Å². The van der Waals surface area contributed by atoms with Gasteiger partial charge in [0.05, 0.1) is 0 Å². The average Bonchev–Trinajstić information content (AvgIpc) is 2.28. The third-order valence-corrected chi connectivity index (χ3v) is 2.72. The lowest BCUT2D eigenvalue weighted by atomic mass is 10.1. The highest BCUT2D eigenvalue weighted by Crippen LogP contribution is 2.08. The highest BCUT2D eigenvalue weighted by Gasteiger charge is 2.11. The van der Waals surface area contributed by atoms with Crippen molar-refractivity contribution in [3.63, 3.8) is 0 Å². The van der Waals surface area contributed by atoms with Gasteiger partial charge in [-0.15, -0.1) is 0 Å². The van der Waals surface area contributed by atoms with Gasteiger partial charge < -0.3 is 10.6 Å². The average molecular weight is 206 g/mol. The van der Waals surface area contributed by atoms with Gasteiger partial charge in [0.15, 0.2) is 0 Å². The number of anilines is 1. The fraction of sp³-hybridized carbons (Fsp3) is 0.636. The number of nitrogens with one attached hydrogen (secondary N) is 2. The predicted octanol–water partition coefficient (Wildman–Crippen LogP) is 1.34. The zero-order valence-electron chi connectivity index (χ0n) is 9.16. The van der Waals surface area contributed by atoms with Crippen molar-refractivity contribution >= 4 is 5.82 Å². The van der Waals surface area contributed by atoms with Gasteiger partial charge in [0, 0.05) is 18.8 Å². The van der Waals surface area contributed by atoms with Gasteiger partial charge in [-0.05, 0) is 32.4 Å². The summed E-state index contributed by atoms with van der Waals surface area (Å²) in [6, 6.07) is 2.50. The van der Waals surface area contributed by atoms with Gasteiger partial charge >= 0.3 is 0 Å². The molecule has 1 aliphatic heterocycles. The molecule has 0 radical (unpaired) electrons. The summed E-state index contributed by atoms with van der Waals surface area (Å²) < 4.78 is 0. The second-order valence-corrected chi connectivity index (χ2v) is 4.02. The van der Waals surface area contributed by atoms with Crippen LogP contribution in [0.25, 0.3) is 0 Å². The van der Waals surface area contributed by atoms with Crippen LogP contribution >= 0.6 is 0 Å². The Labute approximate surface area is 90.5 Å². The zero-order valence-corrected chi connectivity index (χ0v) is 9.16. The Balaban J connectivity index is 1.81. The first-order chi connectivity index (χ1) is 7.34. The van der Waals surface area contributed by atoms with Crippen LogP contribution in [0.3, 0.4) is 0 Å². The molecule has 1 fully saturated rings. The van der Waals surface area contributed by atoms with E-state index in [2.05, 4.69) is 20.6 Å². The Morgan fingerprint density at radius 1 is 1.53 bits per heavy atom. The number of aromatic nitrogens is 2. The van der Waals surface area contributed by atoms with E-state index in [0.717, 1.165) is 24.7 Å². The molecule has 0 bridgehead atoms. The molecule has 1 aromatic rings. The first-order valence-corrected chi connectivity index (χ1v) is 5.61. The van der Waals surface area contributed by atoms with Crippen LogP contribution in [0.1, 0.15) is 25.1 Å². The summed E-state index contributed by atoms with van der Waals surface area (Å²) in [6.07, 6.45) is 5.70. The molecule has 0 amide bonds. The Hall–Kier alpha value is -1.16. The van der Waals surface area contributed by atoms with Crippen molar-refractivity contribution in [1.82, 2.24) is 15.3 Å². The smallest absolute Gasteiger partial charge is 0.129 e. The van der Waals surface area contributed by atoms with E-state index in [1.807, 2.05) is 13.0 Å². The summed E-state index contributed by atoms with van der Waals surface area (Å²) in [5.74, 6) is 1.74. The third-order valence-electron chi connectivity index (χ3n) is 2.72. The van der Waals surface area contributed by atoms with Gasteiger partial charge in [-0.3, -0.25) is 0 Å². The maximum atomic E-state index is 4.31. The molecule has 15 heavy (non-hydrogen) atoms. The standard InChI is InChI=1S/C11H18N4/c1-9-12-7-5-11(15-9)14-8-10-4-2-3-6-13-10/h5,7,10,13H,2-4,6,8H2,1H3,(H,12,14,15). The minimum absolute atomic E-state index is 0.592. The maximum absolute atomic E-state index is 4.31. The predicted molar refractivity (Wildman–Crippen MR) is 60.9 cm³/mol. The van der Waals surface area contributed by atoms with Gasteiger partial charge in [0.2, 0.25) is 0 Å². The largest absolute Gasteiger partial charge is 0.368 e. The molecule has 0 saturated carbocycles. The summed E-state index contributed by atoms with van der Waals surface area (Å²) in [4.78, 5) is 8.38. The molecular formula is C11H18N4. The van der Waals surface area contributed by atoms with Gasteiger partial charge in [-0.25, -0.2) is 9.97 Å². The van der Waals surface area contributed by atoms with Crippen LogP contribution in [0.4, 0.5) is 5.82 Å². The van der Waals surface area contributed by atoms with E-state index >= 15 is 0 Å². The second-order valence-electron chi connectivity index (χ2n) is 4.02. The Bertz CT molecular complexity index is 307. The number of rotatable bonds is 3. The zero-order chi connectivity index (χ0) is 10.5. The lowest BCUT2D eigenvalue weighted by Gasteiger charge is -2.23. The fourth-order valence-corrected chi connectivity index (χ4v) is 1.88. The monoisotopic (exact) mass is 206 g/mol. The number of hydrogen-bond donors (Lipinski definition) is 2. The molecular weight excluding hydrogens is 188 g/mol. The normalized spacial score (nSPS) is 21.3. The number of hydrogen-bond acceptors (Lipinski definition) is 4. The van der Waals surface area contributed by atoms with Crippen molar-refractivity contribution in [3.05, 3.63) is 18.1 Å². The molecule has 0 aliphatic carbocycles. The van der Waals surface area contributed by atoms with Crippen molar-refractivity contribution in [1.29, 1.82) is 0 Å². The van der Waals surface area contributed by atoms with Crippen LogP contribution in [0.2, 0.25) is 0 Å². The van der Waals surface area contributed by atoms with Crippen molar-refractivity contribution < 1.29 is 0 Å². The van der Waals surface area contributed by atoms with Gasteiger partial charge in [0.25, 0.3) is 0 Å². The molecule has 2 heterocycles. The van der Waals surface area contributed by atoms with E-state index in [1.54, 1.807) is 6.20 Å². The van der Waals surface area contributed by atoms with Gasteiger partial charge in [0.1, 0.15) is 11.6 Å². The van der Waals surface area contributed by atoms with Crippen LogP contribution < -0.4 is 10.6 Å². The van der Waals surface area contributed by atoms with Crippen molar-refractivity contribution in [3.8, 4) is 0 Å². The SMILES string of the molecule is Cc1nccc(NCC2CCCCN2)n1. The molecule has 0 aromatic carbocycles. The molecule has 0 spiro atoms. The summed E-state index contributed by atoms with van der Waals surface area (Å²) in [7, 11) is 0. The molecule has 1 atom stereocenters. The van der Waals surface area contributed by atoms with Crippen LogP contribution in [0.5, 0.6) is 0 Å². The van der Waals surface area contributed by atoms with E-state index in [4.69, 9.17) is 0 Å². The van der Waals surface area contributed by atoms with Crippen molar-refractivity contribution in [2.75, 3.05) is 18.4 Å². The quantitative estimate of drug-likeness (QED) is 0.783. The molecule has 2 N–H and O–H groups in total. The Kier molecular flexibility index (Phi) is 3.50. The van der Waals surface area contributed by atoms with Crippen LogP contribution in [-0.2, 0) is 0 Å². The van der Waals surface area contributed by atoms with Crippen LogP contribution in [0.15, 0.2) is 12.3 Å². The topological polar surface area (TPSA) is 49.8 Å². The Morgan fingerprint density at radius 2 is 2.47 bits per heavy atom. The third kappa shape index (κ3) is 3.16. The van der Waals surface area contributed by atoms with E-state index < -0.39 is 0 Å². The highest BCUT2D eigenvalue weighted by atomic mass is 15.1. The van der Waals surface area contributed by atoms with Gasteiger partial charge in [-0.1, -0.05) is 6.42 Å². The van der Waals surface area contributed by atoms with E-state index in [1.165, 1.54) is 19.3 Å². The number of piperidine rings is 1. The molecule has 2 rings (SSSR count). The fourth-order valence-electron chi connectivity index (χ4n) is 1.88.